The van der Waals surface area contributed by atoms with E-state index in [4.69, 9.17) is 11.6 Å². The second-order valence-corrected chi connectivity index (χ2v) is 9.69. The molecule has 2 aromatic carbocycles. The van der Waals surface area contributed by atoms with Gasteiger partial charge in [-0.05, 0) is 73.8 Å². The van der Waals surface area contributed by atoms with Gasteiger partial charge in [-0.2, -0.15) is 0 Å². The number of rotatable bonds is 1. The Kier molecular flexibility index (Phi) is 5.45. The molecule has 0 bridgehead atoms. The molecule has 2 aromatic rings. The van der Waals surface area contributed by atoms with Crippen LogP contribution in [0.15, 0.2) is 30.3 Å². The maximum absolute atomic E-state index is 13.5. The third-order valence-corrected chi connectivity index (χ3v) is 7.79. The van der Waals surface area contributed by atoms with Gasteiger partial charge >= 0.3 is 0 Å². The van der Waals surface area contributed by atoms with E-state index in [1.165, 1.54) is 16.7 Å². The molecule has 1 aliphatic carbocycles. The molecule has 1 fully saturated rings. The van der Waals surface area contributed by atoms with Crippen molar-refractivity contribution in [1.82, 2.24) is 14.7 Å². The topological polar surface area (TPSA) is 47.0 Å². The van der Waals surface area contributed by atoms with Gasteiger partial charge in [0.15, 0.2) is 0 Å². The van der Waals surface area contributed by atoms with Gasteiger partial charge in [-0.15, -0.1) is 0 Å². The first kappa shape index (κ1) is 20.8. The largest absolute Gasteiger partial charge is 0.506 e. The van der Waals surface area contributed by atoms with E-state index in [-0.39, 0.29) is 17.6 Å². The fraction of sp³-hybridized carbons (Fsp3) is 0.480. The van der Waals surface area contributed by atoms with Crippen molar-refractivity contribution >= 4 is 17.5 Å². The van der Waals surface area contributed by atoms with Crippen LogP contribution in [0.5, 0.6) is 5.75 Å². The number of benzene rings is 2. The van der Waals surface area contributed by atoms with Crippen LogP contribution in [-0.2, 0) is 12.8 Å². The van der Waals surface area contributed by atoms with Crippen LogP contribution in [0.4, 0.5) is 0 Å². The van der Waals surface area contributed by atoms with Crippen LogP contribution >= 0.6 is 11.6 Å². The van der Waals surface area contributed by atoms with Gasteiger partial charge in [0.05, 0.1) is 5.02 Å². The Morgan fingerprint density at radius 3 is 2.58 bits per heavy atom. The highest BCUT2D eigenvalue weighted by Crippen LogP contribution is 2.45. The average molecular weight is 440 g/mol. The van der Waals surface area contributed by atoms with Gasteiger partial charge in [0.25, 0.3) is 5.91 Å². The Hall–Kier alpha value is -2.08. The van der Waals surface area contributed by atoms with Crippen LogP contribution in [-0.4, -0.2) is 78.6 Å². The number of nitrogens with zero attached hydrogens (tertiary/aromatic N) is 3. The Morgan fingerprint density at radius 1 is 1.03 bits per heavy atom. The van der Waals surface area contributed by atoms with Crippen molar-refractivity contribution in [2.45, 2.75) is 31.2 Å². The Bertz CT molecular complexity index is 1020. The van der Waals surface area contributed by atoms with Crippen molar-refractivity contribution < 1.29 is 9.90 Å². The summed E-state index contributed by atoms with van der Waals surface area (Å²) >= 11 is 6.26. The lowest BCUT2D eigenvalue weighted by molar-refractivity contribution is 0.0662. The van der Waals surface area contributed by atoms with E-state index in [1.54, 1.807) is 0 Å². The number of carbonyl (C=O) groups is 1. The summed E-state index contributed by atoms with van der Waals surface area (Å²) in [5.41, 5.74) is 5.62. The number of amides is 1. The quantitative estimate of drug-likeness (QED) is 0.740. The molecule has 5 rings (SSSR count). The normalized spacial score (nSPS) is 24.2. The van der Waals surface area contributed by atoms with E-state index in [1.807, 2.05) is 29.2 Å². The van der Waals surface area contributed by atoms with Crippen LogP contribution in [0.2, 0.25) is 5.02 Å². The van der Waals surface area contributed by atoms with Crippen molar-refractivity contribution in [3.8, 4) is 5.75 Å². The molecule has 31 heavy (non-hydrogen) atoms. The highest BCUT2D eigenvalue weighted by atomic mass is 35.5. The number of aromatic hydroxyl groups is 1. The highest BCUT2D eigenvalue weighted by molar-refractivity contribution is 6.32. The second kappa shape index (κ2) is 8.12. The molecule has 0 aromatic heterocycles. The van der Waals surface area contributed by atoms with Crippen molar-refractivity contribution in [2.24, 2.45) is 0 Å². The fourth-order valence-corrected chi connectivity index (χ4v) is 5.85. The minimum absolute atomic E-state index is 0.134. The van der Waals surface area contributed by atoms with Gasteiger partial charge in [-0.3, -0.25) is 4.79 Å². The number of fused-ring (bicyclic) bond motifs is 5. The third kappa shape index (κ3) is 3.63. The first-order valence-corrected chi connectivity index (χ1v) is 11.6. The molecule has 0 radical (unpaired) electrons. The highest BCUT2D eigenvalue weighted by Gasteiger charge is 2.38. The maximum atomic E-state index is 13.5. The van der Waals surface area contributed by atoms with Crippen molar-refractivity contribution in [3.05, 3.63) is 63.2 Å². The van der Waals surface area contributed by atoms with Crippen molar-refractivity contribution in [2.75, 3.05) is 46.8 Å². The zero-order chi connectivity index (χ0) is 21.7. The lowest BCUT2D eigenvalue weighted by atomic mass is 9.73. The molecule has 164 valence electrons. The average Bonchev–Trinajstić information content (AvgIpc) is 2.91. The standard InChI is InChI=1S/C25H30ClN3O2/c1-27-10-12-29(13-11-27)25(31)19-5-3-4-18-17(19)6-7-22-24(18)20-15-23(30)21(26)14-16(20)8-9-28(22)2/h3-5,14-15,22,24,30H,6-13H2,1-2H3/t22-,24+/m0/s1. The molecule has 2 aliphatic heterocycles. The van der Waals surface area contributed by atoms with Crippen molar-refractivity contribution in [1.29, 1.82) is 0 Å². The summed E-state index contributed by atoms with van der Waals surface area (Å²) in [7, 11) is 4.29. The number of likely N-dealkylation sites (N-methyl/N-ethyl adjacent to an activating group) is 2. The number of halogens is 1. The van der Waals surface area contributed by atoms with E-state index in [0.717, 1.165) is 63.1 Å². The van der Waals surface area contributed by atoms with E-state index >= 15 is 0 Å². The number of piperazine rings is 1. The molecule has 3 aliphatic rings. The Balaban J connectivity index is 1.59. The molecule has 0 spiro atoms. The summed E-state index contributed by atoms with van der Waals surface area (Å²) in [4.78, 5) is 20.2. The van der Waals surface area contributed by atoms with Crippen LogP contribution in [0, 0.1) is 0 Å². The maximum Gasteiger partial charge on any atom is 0.254 e. The second-order valence-electron chi connectivity index (χ2n) is 9.29. The Labute approximate surface area is 189 Å². The van der Waals surface area contributed by atoms with Gasteiger partial charge in [0.1, 0.15) is 5.75 Å². The van der Waals surface area contributed by atoms with Gasteiger partial charge in [-0.1, -0.05) is 23.7 Å². The first-order chi connectivity index (χ1) is 14.9. The van der Waals surface area contributed by atoms with E-state index in [2.05, 4.69) is 30.0 Å². The fourth-order valence-electron chi connectivity index (χ4n) is 5.66. The zero-order valence-corrected chi connectivity index (χ0v) is 19.0. The smallest absolute Gasteiger partial charge is 0.254 e. The van der Waals surface area contributed by atoms with Gasteiger partial charge < -0.3 is 19.8 Å². The van der Waals surface area contributed by atoms with Crippen molar-refractivity contribution in [3.63, 3.8) is 0 Å². The predicted molar refractivity (Wildman–Crippen MR) is 123 cm³/mol. The summed E-state index contributed by atoms with van der Waals surface area (Å²) in [5, 5.41) is 10.8. The minimum atomic E-state index is 0.134. The third-order valence-electron chi connectivity index (χ3n) is 7.49. The van der Waals surface area contributed by atoms with Crippen LogP contribution in [0.25, 0.3) is 0 Å². The molecular formula is C25H30ClN3O2. The lowest BCUT2D eigenvalue weighted by Gasteiger charge is -2.39. The van der Waals surface area contributed by atoms with Gasteiger partial charge in [0, 0.05) is 50.2 Å². The van der Waals surface area contributed by atoms with Crippen LogP contribution < -0.4 is 0 Å². The lowest BCUT2D eigenvalue weighted by Crippen LogP contribution is -2.47. The van der Waals surface area contributed by atoms with Gasteiger partial charge in [-0.25, -0.2) is 0 Å². The predicted octanol–water partition coefficient (Wildman–Crippen LogP) is 3.37. The number of phenols is 1. The number of carbonyl (C=O) groups excluding carboxylic acids is 1. The van der Waals surface area contributed by atoms with E-state index in [0.29, 0.717) is 11.1 Å². The summed E-state index contributed by atoms with van der Waals surface area (Å²) < 4.78 is 0. The van der Waals surface area contributed by atoms with Crippen LogP contribution in [0.3, 0.4) is 0 Å². The molecule has 1 N–H and O–H groups in total. The molecule has 6 heteroatoms. The number of hydrogen-bond acceptors (Lipinski definition) is 4. The molecule has 0 unspecified atom stereocenters. The SMILES string of the molecule is CN1CCN(C(=O)c2cccc3c2CC[C@H]2[C@H]3c3cc(O)c(Cl)cc3CCN2C)CC1. The molecular weight excluding hydrogens is 410 g/mol. The Morgan fingerprint density at radius 2 is 1.81 bits per heavy atom. The number of phenolic OH excluding ortho intramolecular Hbond substituents is 1. The molecule has 2 atom stereocenters. The first-order valence-electron chi connectivity index (χ1n) is 11.2. The summed E-state index contributed by atoms with van der Waals surface area (Å²) in [6, 6.07) is 10.4. The van der Waals surface area contributed by atoms with E-state index in [9.17, 15) is 9.90 Å². The van der Waals surface area contributed by atoms with Gasteiger partial charge in [0.2, 0.25) is 0 Å². The molecule has 1 amide bonds. The molecule has 2 heterocycles. The molecule has 1 saturated heterocycles. The summed E-state index contributed by atoms with van der Waals surface area (Å²) in [6.07, 6.45) is 2.82. The number of hydrogen-bond donors (Lipinski definition) is 1. The molecule has 0 saturated carbocycles. The summed E-state index contributed by atoms with van der Waals surface area (Å²) in [5.74, 6) is 0.430. The molecule has 5 nitrogen and oxygen atoms in total. The zero-order valence-electron chi connectivity index (χ0n) is 18.3. The van der Waals surface area contributed by atoms with Crippen LogP contribution in [0.1, 0.15) is 45.0 Å². The monoisotopic (exact) mass is 439 g/mol. The summed E-state index contributed by atoms with van der Waals surface area (Å²) in [6.45, 7) is 4.36. The van der Waals surface area contributed by atoms with E-state index < -0.39 is 0 Å². The minimum Gasteiger partial charge on any atom is -0.506 e.